The van der Waals surface area contributed by atoms with Crippen LogP contribution in [0.4, 0.5) is 5.69 Å². The first kappa shape index (κ1) is 16.5. The Morgan fingerprint density at radius 1 is 1.22 bits per heavy atom. The van der Waals surface area contributed by atoms with Crippen molar-refractivity contribution in [2.45, 2.75) is 20.3 Å². The van der Waals surface area contributed by atoms with E-state index in [0.29, 0.717) is 11.4 Å². The van der Waals surface area contributed by atoms with Crippen LogP contribution >= 0.6 is 0 Å². The lowest BCUT2D eigenvalue weighted by atomic mass is 10.1. The Morgan fingerprint density at radius 2 is 1.96 bits per heavy atom. The molecule has 0 fully saturated rings. The zero-order chi connectivity index (χ0) is 16.7. The summed E-state index contributed by atoms with van der Waals surface area (Å²) < 4.78 is 14.7. The lowest BCUT2D eigenvalue weighted by molar-refractivity contribution is -0.149. The van der Waals surface area contributed by atoms with E-state index >= 15 is 0 Å². The highest BCUT2D eigenvalue weighted by Crippen LogP contribution is 2.10. The Bertz CT molecular complexity index is 663. The zero-order valence-electron chi connectivity index (χ0n) is 13.0. The summed E-state index contributed by atoms with van der Waals surface area (Å²) in [5, 5.41) is 6.21. The normalized spacial score (nSPS) is 10.2. The first-order valence-corrected chi connectivity index (χ1v) is 7.17. The third-order valence-electron chi connectivity index (χ3n) is 2.95. The first-order chi connectivity index (χ1) is 11.1. The minimum atomic E-state index is -0.665. The van der Waals surface area contributed by atoms with Gasteiger partial charge in [0.25, 0.3) is 11.8 Å². The number of nitrogens with one attached hydrogen (secondary N) is 1. The standard InChI is InChI=1S/C16H18N2O5/c1-3-12-4-6-13(7-5-12)17-14(19)9-22-16(20)10-21-15-8-11(2)23-18-15/h4-8H,3,9-10H2,1-2H3,(H,17,19). The van der Waals surface area contributed by atoms with Crippen molar-refractivity contribution in [3.63, 3.8) is 0 Å². The summed E-state index contributed by atoms with van der Waals surface area (Å²) >= 11 is 0. The van der Waals surface area contributed by atoms with E-state index in [2.05, 4.69) is 17.4 Å². The maximum Gasteiger partial charge on any atom is 0.344 e. The Kier molecular flexibility index (Phi) is 5.74. The van der Waals surface area contributed by atoms with Crippen molar-refractivity contribution in [2.75, 3.05) is 18.5 Å². The average Bonchev–Trinajstić information content (AvgIpc) is 2.97. The fraction of sp³-hybridized carbons (Fsp3) is 0.312. The second kappa shape index (κ2) is 7.98. The first-order valence-electron chi connectivity index (χ1n) is 7.17. The molecule has 2 rings (SSSR count). The van der Waals surface area contributed by atoms with Gasteiger partial charge in [0.15, 0.2) is 13.2 Å². The summed E-state index contributed by atoms with van der Waals surface area (Å²) in [6, 6.07) is 8.99. The predicted molar refractivity (Wildman–Crippen MR) is 82.1 cm³/mol. The van der Waals surface area contributed by atoms with Crippen molar-refractivity contribution >= 4 is 17.6 Å². The van der Waals surface area contributed by atoms with Gasteiger partial charge in [-0.15, -0.1) is 0 Å². The molecule has 0 aliphatic carbocycles. The highest BCUT2D eigenvalue weighted by Gasteiger charge is 2.10. The molecule has 0 unspecified atom stereocenters. The largest absolute Gasteiger partial charge is 0.463 e. The molecule has 7 nitrogen and oxygen atoms in total. The molecule has 0 radical (unpaired) electrons. The fourth-order valence-electron chi connectivity index (χ4n) is 1.75. The molecule has 1 aromatic heterocycles. The Balaban J connectivity index is 1.69. The molecule has 122 valence electrons. The molecule has 0 aliphatic heterocycles. The number of nitrogens with zero attached hydrogens (tertiary/aromatic N) is 1. The van der Waals surface area contributed by atoms with Crippen LogP contribution in [-0.2, 0) is 20.7 Å². The fourth-order valence-corrected chi connectivity index (χ4v) is 1.75. The molecule has 1 N–H and O–H groups in total. The lowest BCUT2D eigenvalue weighted by Gasteiger charge is -2.07. The van der Waals surface area contributed by atoms with Crippen molar-refractivity contribution in [1.29, 1.82) is 0 Å². The van der Waals surface area contributed by atoms with Gasteiger partial charge in [-0.2, -0.15) is 0 Å². The van der Waals surface area contributed by atoms with Gasteiger partial charge in [-0.1, -0.05) is 19.1 Å². The summed E-state index contributed by atoms with van der Waals surface area (Å²) in [6.45, 7) is 3.03. The van der Waals surface area contributed by atoms with Crippen molar-refractivity contribution in [1.82, 2.24) is 5.16 Å². The molecule has 0 spiro atoms. The number of hydrogen-bond donors (Lipinski definition) is 1. The van der Waals surface area contributed by atoms with Gasteiger partial charge in [-0.05, 0) is 36.2 Å². The van der Waals surface area contributed by atoms with Crippen LogP contribution < -0.4 is 10.1 Å². The highest BCUT2D eigenvalue weighted by molar-refractivity contribution is 5.92. The van der Waals surface area contributed by atoms with E-state index in [9.17, 15) is 9.59 Å². The lowest BCUT2D eigenvalue weighted by Crippen LogP contribution is -2.23. The van der Waals surface area contributed by atoms with Crippen LogP contribution in [0.5, 0.6) is 5.88 Å². The number of amides is 1. The maximum atomic E-state index is 11.7. The number of aromatic nitrogens is 1. The maximum absolute atomic E-state index is 11.7. The molecular weight excluding hydrogens is 300 g/mol. The third kappa shape index (κ3) is 5.46. The van der Waals surface area contributed by atoms with Crippen LogP contribution in [-0.4, -0.2) is 30.2 Å². The zero-order valence-corrected chi connectivity index (χ0v) is 13.0. The number of esters is 1. The molecule has 0 saturated carbocycles. The van der Waals surface area contributed by atoms with Gasteiger partial charge in [0.2, 0.25) is 0 Å². The topological polar surface area (TPSA) is 90.7 Å². The van der Waals surface area contributed by atoms with Gasteiger partial charge in [0.05, 0.1) is 0 Å². The van der Waals surface area contributed by atoms with Crippen molar-refractivity contribution in [3.8, 4) is 5.88 Å². The molecule has 1 heterocycles. The SMILES string of the molecule is CCc1ccc(NC(=O)COC(=O)COc2cc(C)on2)cc1. The predicted octanol–water partition coefficient (Wildman–Crippen LogP) is 2.11. The van der Waals surface area contributed by atoms with Gasteiger partial charge >= 0.3 is 5.97 Å². The smallest absolute Gasteiger partial charge is 0.344 e. The minimum Gasteiger partial charge on any atom is -0.463 e. The monoisotopic (exact) mass is 318 g/mol. The minimum absolute atomic E-state index is 0.194. The average molecular weight is 318 g/mol. The molecular formula is C16H18N2O5. The number of anilines is 1. The molecule has 7 heteroatoms. The molecule has 1 amide bonds. The van der Waals surface area contributed by atoms with Crippen molar-refractivity contribution < 1.29 is 23.6 Å². The molecule has 0 saturated heterocycles. The number of benzene rings is 1. The summed E-state index contributed by atoms with van der Waals surface area (Å²) in [4.78, 5) is 23.2. The van der Waals surface area contributed by atoms with Crippen molar-refractivity contribution in [3.05, 3.63) is 41.7 Å². The Hall–Kier alpha value is -2.83. The Labute approximate surface area is 133 Å². The summed E-state index contributed by atoms with van der Waals surface area (Å²) in [7, 11) is 0. The summed E-state index contributed by atoms with van der Waals surface area (Å²) in [6.07, 6.45) is 0.927. The van der Waals surface area contributed by atoms with Crippen LogP contribution in [0.1, 0.15) is 18.2 Å². The molecule has 23 heavy (non-hydrogen) atoms. The third-order valence-corrected chi connectivity index (χ3v) is 2.95. The number of hydrogen-bond acceptors (Lipinski definition) is 6. The number of aryl methyl sites for hydroxylation is 2. The number of rotatable bonds is 7. The van der Waals surface area contributed by atoms with Crippen LogP contribution in [0.25, 0.3) is 0 Å². The summed E-state index contributed by atoms with van der Waals surface area (Å²) in [5.41, 5.74) is 1.83. The molecule has 1 aromatic carbocycles. The van der Waals surface area contributed by atoms with Crippen LogP contribution in [0, 0.1) is 6.92 Å². The van der Waals surface area contributed by atoms with E-state index < -0.39 is 11.9 Å². The van der Waals surface area contributed by atoms with Gasteiger partial charge in [0.1, 0.15) is 5.76 Å². The number of carbonyl (C=O) groups is 2. The van der Waals surface area contributed by atoms with Crippen LogP contribution in [0.15, 0.2) is 34.9 Å². The van der Waals surface area contributed by atoms with Crippen molar-refractivity contribution in [2.24, 2.45) is 0 Å². The van der Waals surface area contributed by atoms with E-state index in [0.717, 1.165) is 6.42 Å². The molecule has 0 aliphatic rings. The second-order valence-electron chi connectivity index (χ2n) is 4.82. The highest BCUT2D eigenvalue weighted by atomic mass is 16.6. The van der Waals surface area contributed by atoms with Crippen LogP contribution in [0.2, 0.25) is 0 Å². The molecule has 0 bridgehead atoms. The Morgan fingerprint density at radius 3 is 2.57 bits per heavy atom. The van der Waals surface area contributed by atoms with Gasteiger partial charge in [-0.3, -0.25) is 4.79 Å². The van der Waals surface area contributed by atoms with Crippen LogP contribution in [0.3, 0.4) is 0 Å². The number of carbonyl (C=O) groups excluding carboxylic acids is 2. The van der Waals surface area contributed by atoms with E-state index in [1.54, 1.807) is 25.1 Å². The van der Waals surface area contributed by atoms with E-state index in [1.165, 1.54) is 5.56 Å². The van der Waals surface area contributed by atoms with Gasteiger partial charge < -0.3 is 19.3 Å². The van der Waals surface area contributed by atoms with E-state index in [-0.39, 0.29) is 19.1 Å². The van der Waals surface area contributed by atoms with Gasteiger partial charge in [-0.25, -0.2) is 4.79 Å². The second-order valence-corrected chi connectivity index (χ2v) is 4.82. The molecule has 0 atom stereocenters. The quantitative estimate of drug-likeness (QED) is 0.786. The van der Waals surface area contributed by atoms with Gasteiger partial charge in [0, 0.05) is 11.8 Å². The number of ether oxygens (including phenoxy) is 2. The van der Waals surface area contributed by atoms with E-state index in [1.807, 2.05) is 12.1 Å². The molecule has 2 aromatic rings. The van der Waals surface area contributed by atoms with E-state index in [4.69, 9.17) is 14.0 Å². The summed E-state index contributed by atoms with van der Waals surface area (Å²) in [5.74, 6) is -0.316.